The molecular weight excluding hydrogens is 196 g/mol. The van der Waals surface area contributed by atoms with E-state index in [-0.39, 0.29) is 0 Å². The van der Waals surface area contributed by atoms with Crippen LogP contribution >= 0.6 is 34.8 Å². The van der Waals surface area contributed by atoms with E-state index >= 15 is 0 Å². The molecule has 0 aromatic carbocycles. The molecule has 10 heavy (non-hydrogen) atoms. The first-order chi connectivity index (χ1) is 4.56. The number of halogens is 3. The van der Waals surface area contributed by atoms with Crippen LogP contribution in [0.15, 0.2) is 4.99 Å². The van der Waals surface area contributed by atoms with Gasteiger partial charge in [-0.3, -0.25) is 0 Å². The van der Waals surface area contributed by atoms with Gasteiger partial charge >= 0.3 is 0 Å². The molecule has 0 N–H and O–H groups in total. The molecule has 5 heteroatoms. The van der Waals surface area contributed by atoms with Gasteiger partial charge in [0, 0.05) is 0 Å². The molecule has 0 heterocycles. The van der Waals surface area contributed by atoms with Crippen LogP contribution in [0.3, 0.4) is 0 Å². The summed E-state index contributed by atoms with van der Waals surface area (Å²) in [6.07, 6.45) is 2.39. The Hall–Kier alpha value is 0.250. The fraction of sp³-hybridized carbons (Fsp3) is 0.800. The van der Waals surface area contributed by atoms with E-state index in [0.29, 0.717) is 19.4 Å². The number of hydrogen-bond donors (Lipinski definition) is 0. The molecule has 0 aliphatic carbocycles. The van der Waals surface area contributed by atoms with Crippen molar-refractivity contribution in [2.45, 2.75) is 16.6 Å². The van der Waals surface area contributed by atoms with Gasteiger partial charge < -0.3 is 0 Å². The van der Waals surface area contributed by atoms with Crippen LogP contribution in [0.5, 0.6) is 0 Å². The van der Waals surface area contributed by atoms with Crippen LogP contribution in [-0.2, 0) is 4.79 Å². The average Bonchev–Trinajstić information content (AvgIpc) is 1.78. The molecule has 0 aromatic heterocycles. The van der Waals surface area contributed by atoms with Gasteiger partial charge in [0.15, 0.2) is 3.79 Å². The molecule has 0 atom stereocenters. The van der Waals surface area contributed by atoms with Crippen LogP contribution in [0.2, 0.25) is 0 Å². The van der Waals surface area contributed by atoms with E-state index < -0.39 is 3.79 Å². The lowest BCUT2D eigenvalue weighted by molar-refractivity contribution is 0.562. The molecule has 2 nitrogen and oxygen atoms in total. The summed E-state index contributed by atoms with van der Waals surface area (Å²) in [5.74, 6) is 0. The number of alkyl halides is 3. The molecule has 0 rings (SSSR count). The van der Waals surface area contributed by atoms with Crippen molar-refractivity contribution in [3.63, 3.8) is 0 Å². The highest BCUT2D eigenvalue weighted by Crippen LogP contribution is 2.30. The van der Waals surface area contributed by atoms with E-state index in [1.54, 1.807) is 0 Å². The second-order valence-corrected chi connectivity index (χ2v) is 4.21. The second-order valence-electron chi connectivity index (χ2n) is 1.69. The zero-order valence-corrected chi connectivity index (χ0v) is 7.38. The zero-order valence-electron chi connectivity index (χ0n) is 5.11. The Morgan fingerprint density at radius 1 is 1.40 bits per heavy atom. The van der Waals surface area contributed by atoms with Gasteiger partial charge in [-0.25, -0.2) is 9.79 Å². The van der Waals surface area contributed by atoms with E-state index in [1.807, 2.05) is 0 Å². The van der Waals surface area contributed by atoms with E-state index in [2.05, 4.69) is 4.99 Å². The van der Waals surface area contributed by atoms with Crippen molar-refractivity contribution in [3.8, 4) is 0 Å². The molecule has 0 radical (unpaired) electrons. The summed E-state index contributed by atoms with van der Waals surface area (Å²) >= 11 is 16.2. The minimum absolute atomic E-state index is 0.372. The summed E-state index contributed by atoms with van der Waals surface area (Å²) in [6.45, 7) is 0.372. The number of nitrogens with zero attached hydrogens (tertiary/aromatic N) is 1. The topological polar surface area (TPSA) is 29.4 Å². The van der Waals surface area contributed by atoms with Gasteiger partial charge in [0.1, 0.15) is 0 Å². The SMILES string of the molecule is O=C=NCCCC(Cl)(Cl)Cl. The Kier molecular flexibility index (Phi) is 5.10. The third kappa shape index (κ3) is 8.25. The molecule has 0 spiro atoms. The average molecular weight is 202 g/mol. The normalized spacial score (nSPS) is 10.7. The Morgan fingerprint density at radius 3 is 2.40 bits per heavy atom. The van der Waals surface area contributed by atoms with E-state index in [0.717, 1.165) is 0 Å². The molecule has 0 aliphatic rings. The van der Waals surface area contributed by atoms with Crippen LogP contribution in [0, 0.1) is 0 Å². The van der Waals surface area contributed by atoms with Crippen molar-refractivity contribution in [2.75, 3.05) is 6.54 Å². The minimum atomic E-state index is -1.22. The maximum absolute atomic E-state index is 9.54. The van der Waals surface area contributed by atoms with Gasteiger partial charge in [-0.2, -0.15) is 0 Å². The van der Waals surface area contributed by atoms with Crippen molar-refractivity contribution in [3.05, 3.63) is 0 Å². The minimum Gasteiger partial charge on any atom is -0.211 e. The summed E-state index contributed by atoms with van der Waals surface area (Å²) in [5, 5.41) is 0. The number of hydrogen-bond acceptors (Lipinski definition) is 2. The highest BCUT2D eigenvalue weighted by atomic mass is 35.6. The third-order valence-electron chi connectivity index (χ3n) is 0.795. The standard InChI is InChI=1S/C5H6Cl3NO/c6-5(7,8)2-1-3-9-4-10/h1-3H2. The lowest BCUT2D eigenvalue weighted by Gasteiger charge is -2.07. The summed E-state index contributed by atoms with van der Waals surface area (Å²) in [6, 6.07) is 0. The molecule has 58 valence electrons. The van der Waals surface area contributed by atoms with Gasteiger partial charge in [0.25, 0.3) is 0 Å². The number of isocyanates is 1. The molecule has 0 saturated carbocycles. The van der Waals surface area contributed by atoms with Crippen LogP contribution < -0.4 is 0 Å². The monoisotopic (exact) mass is 201 g/mol. The summed E-state index contributed by atoms with van der Waals surface area (Å²) < 4.78 is -1.22. The predicted octanol–water partition coefficient (Wildman–Crippen LogP) is 2.47. The highest BCUT2D eigenvalue weighted by molar-refractivity contribution is 6.67. The number of rotatable bonds is 3. The first-order valence-electron chi connectivity index (χ1n) is 2.66. The van der Waals surface area contributed by atoms with E-state index in [1.165, 1.54) is 6.08 Å². The van der Waals surface area contributed by atoms with Crippen LogP contribution in [-0.4, -0.2) is 16.4 Å². The Balaban J connectivity index is 3.28. The molecule has 0 unspecified atom stereocenters. The van der Waals surface area contributed by atoms with Crippen molar-refractivity contribution >= 4 is 40.9 Å². The Labute approximate surface area is 74.2 Å². The first-order valence-corrected chi connectivity index (χ1v) is 3.80. The Bertz CT molecular complexity index is 136. The zero-order chi connectivity index (χ0) is 8.04. The van der Waals surface area contributed by atoms with Gasteiger partial charge in [0.05, 0.1) is 6.54 Å². The smallest absolute Gasteiger partial charge is 0.211 e. The molecule has 0 bridgehead atoms. The van der Waals surface area contributed by atoms with Gasteiger partial charge in [-0.05, 0) is 12.8 Å². The Morgan fingerprint density at radius 2 is 2.00 bits per heavy atom. The van der Waals surface area contributed by atoms with E-state index in [4.69, 9.17) is 34.8 Å². The van der Waals surface area contributed by atoms with Gasteiger partial charge in [-0.15, -0.1) is 0 Å². The highest BCUT2D eigenvalue weighted by Gasteiger charge is 2.17. The van der Waals surface area contributed by atoms with Crippen molar-refractivity contribution < 1.29 is 4.79 Å². The number of carbonyl (C=O) groups excluding carboxylic acids is 1. The first kappa shape index (κ1) is 10.2. The fourth-order valence-electron chi connectivity index (χ4n) is 0.404. The van der Waals surface area contributed by atoms with Gasteiger partial charge in [-0.1, -0.05) is 34.8 Å². The lowest BCUT2D eigenvalue weighted by atomic mass is 10.3. The van der Waals surface area contributed by atoms with E-state index in [9.17, 15) is 4.79 Å². The van der Waals surface area contributed by atoms with Crippen molar-refractivity contribution in [2.24, 2.45) is 4.99 Å². The van der Waals surface area contributed by atoms with Crippen molar-refractivity contribution in [1.82, 2.24) is 0 Å². The molecule has 0 aliphatic heterocycles. The maximum atomic E-state index is 9.54. The molecule has 0 aromatic rings. The maximum Gasteiger partial charge on any atom is 0.234 e. The summed E-state index contributed by atoms with van der Waals surface area (Å²) in [4.78, 5) is 12.8. The van der Waals surface area contributed by atoms with Crippen molar-refractivity contribution in [1.29, 1.82) is 0 Å². The quantitative estimate of drug-likeness (QED) is 0.299. The summed E-state index contributed by atoms with van der Waals surface area (Å²) in [5.41, 5.74) is 0. The predicted molar refractivity (Wildman–Crippen MR) is 42.5 cm³/mol. The molecule has 0 amide bonds. The van der Waals surface area contributed by atoms with Crippen LogP contribution in [0.4, 0.5) is 0 Å². The molecule has 0 fully saturated rings. The second kappa shape index (κ2) is 4.97. The van der Waals surface area contributed by atoms with Crippen LogP contribution in [0.1, 0.15) is 12.8 Å². The lowest BCUT2D eigenvalue weighted by Crippen LogP contribution is -2.01. The third-order valence-corrected chi connectivity index (χ3v) is 1.36. The molecule has 0 saturated heterocycles. The largest absolute Gasteiger partial charge is 0.234 e. The molecular formula is C5H6Cl3NO. The van der Waals surface area contributed by atoms with Gasteiger partial charge in [0.2, 0.25) is 6.08 Å². The van der Waals surface area contributed by atoms with Crippen LogP contribution in [0.25, 0.3) is 0 Å². The summed E-state index contributed by atoms with van der Waals surface area (Å²) in [7, 11) is 0. The fourth-order valence-corrected chi connectivity index (χ4v) is 0.805. The number of aliphatic imine (C=N–C) groups is 1.